The molecule has 31 heavy (non-hydrogen) atoms. The van der Waals surface area contributed by atoms with Crippen LogP contribution in [0.2, 0.25) is 0 Å². The lowest BCUT2D eigenvalue weighted by Gasteiger charge is -2.19. The van der Waals surface area contributed by atoms with Crippen molar-refractivity contribution in [1.82, 2.24) is 4.90 Å². The van der Waals surface area contributed by atoms with Crippen LogP contribution in [-0.2, 0) is 20.5 Å². The molecule has 3 aromatic rings. The van der Waals surface area contributed by atoms with Gasteiger partial charge in [-0.05, 0) is 48.5 Å². The number of carbonyl (C=O) groups is 2. The van der Waals surface area contributed by atoms with E-state index in [1.165, 1.54) is 4.90 Å². The van der Waals surface area contributed by atoms with Crippen molar-refractivity contribution in [2.24, 2.45) is 0 Å². The summed E-state index contributed by atoms with van der Waals surface area (Å²) in [6.07, 6.45) is 0.0997. The van der Waals surface area contributed by atoms with Crippen molar-refractivity contribution in [3.63, 3.8) is 0 Å². The van der Waals surface area contributed by atoms with Gasteiger partial charge in [0.1, 0.15) is 23.3 Å². The standard InChI is InChI=1S/C25H20NO4S/c1-17-16-24(27)26(25(17)28)14-15-29-18-10-12-19(13-11-18)31-22-8-4-2-6-20(22)30-21-7-3-5-9-23(21)31/h2-13H,1,14-16H2/q+1. The SMILES string of the molecule is C=C1CC(=O)N(CCOc2ccc([S+]3c4ccccc4Oc4ccccc43)cc2)C1=O. The van der Waals surface area contributed by atoms with Gasteiger partial charge < -0.3 is 9.47 Å². The van der Waals surface area contributed by atoms with Gasteiger partial charge in [0.05, 0.1) is 13.0 Å². The molecule has 2 heterocycles. The van der Waals surface area contributed by atoms with Gasteiger partial charge in [-0.3, -0.25) is 14.5 Å². The summed E-state index contributed by atoms with van der Waals surface area (Å²) in [5.74, 6) is 1.94. The lowest BCUT2D eigenvalue weighted by molar-refractivity contribution is -0.138. The zero-order valence-electron chi connectivity index (χ0n) is 16.7. The molecule has 0 N–H and O–H groups in total. The van der Waals surface area contributed by atoms with Crippen LogP contribution < -0.4 is 9.47 Å². The first-order valence-electron chi connectivity index (χ1n) is 9.97. The first kappa shape index (κ1) is 19.5. The van der Waals surface area contributed by atoms with E-state index in [0.29, 0.717) is 11.3 Å². The molecule has 0 aromatic heterocycles. The van der Waals surface area contributed by atoms with Gasteiger partial charge in [-0.1, -0.05) is 30.8 Å². The van der Waals surface area contributed by atoms with Gasteiger partial charge in [-0.15, -0.1) is 0 Å². The first-order chi connectivity index (χ1) is 15.1. The summed E-state index contributed by atoms with van der Waals surface area (Å²) in [4.78, 5) is 28.4. The van der Waals surface area contributed by atoms with E-state index < -0.39 is 0 Å². The van der Waals surface area contributed by atoms with E-state index in [1.807, 2.05) is 48.5 Å². The number of hydrogen-bond donors (Lipinski definition) is 0. The predicted molar refractivity (Wildman–Crippen MR) is 118 cm³/mol. The zero-order valence-corrected chi connectivity index (χ0v) is 17.6. The van der Waals surface area contributed by atoms with Crippen molar-refractivity contribution in [2.45, 2.75) is 21.1 Å². The fraction of sp³-hybridized carbons (Fsp3) is 0.120. The summed E-state index contributed by atoms with van der Waals surface area (Å²) in [5, 5.41) is 0. The molecule has 154 valence electrons. The molecule has 5 rings (SSSR count). The van der Waals surface area contributed by atoms with Gasteiger partial charge in [0, 0.05) is 5.57 Å². The molecule has 1 saturated heterocycles. The number of carbonyl (C=O) groups excluding carboxylic acids is 2. The maximum absolute atomic E-state index is 11.9. The molecule has 0 bridgehead atoms. The number of nitrogens with zero attached hydrogens (tertiary/aromatic N) is 1. The zero-order chi connectivity index (χ0) is 21.4. The van der Waals surface area contributed by atoms with Crippen LogP contribution in [0.15, 0.2) is 99.6 Å². The Morgan fingerprint density at radius 2 is 1.52 bits per heavy atom. The minimum absolute atomic E-state index is 0.0997. The molecule has 0 saturated carbocycles. The van der Waals surface area contributed by atoms with Crippen LogP contribution in [-0.4, -0.2) is 29.9 Å². The molecule has 2 aliphatic heterocycles. The molecular weight excluding hydrogens is 410 g/mol. The molecule has 5 nitrogen and oxygen atoms in total. The van der Waals surface area contributed by atoms with E-state index in [-0.39, 0.29) is 42.3 Å². The molecule has 0 aliphatic carbocycles. The van der Waals surface area contributed by atoms with Crippen LogP contribution in [0.5, 0.6) is 17.2 Å². The number of amides is 2. The number of ether oxygens (including phenoxy) is 2. The third-order valence-electron chi connectivity index (χ3n) is 5.21. The minimum Gasteiger partial charge on any atom is -0.492 e. The molecule has 2 amide bonds. The van der Waals surface area contributed by atoms with Gasteiger partial charge in [0.25, 0.3) is 5.91 Å². The highest BCUT2D eigenvalue weighted by Crippen LogP contribution is 2.46. The van der Waals surface area contributed by atoms with Crippen molar-refractivity contribution in [3.05, 3.63) is 84.9 Å². The maximum Gasteiger partial charge on any atom is 0.256 e. The van der Waals surface area contributed by atoms with Gasteiger partial charge in [0.2, 0.25) is 15.7 Å². The largest absolute Gasteiger partial charge is 0.492 e. The molecule has 2 aliphatic rings. The molecule has 3 aromatic carbocycles. The smallest absolute Gasteiger partial charge is 0.256 e. The fourth-order valence-electron chi connectivity index (χ4n) is 3.71. The number of likely N-dealkylation sites (tertiary alicyclic amines) is 1. The lowest BCUT2D eigenvalue weighted by atomic mass is 10.3. The van der Waals surface area contributed by atoms with E-state index in [1.54, 1.807) is 0 Å². The van der Waals surface area contributed by atoms with Gasteiger partial charge in [0.15, 0.2) is 16.4 Å². The lowest BCUT2D eigenvalue weighted by Crippen LogP contribution is -2.33. The molecule has 0 unspecified atom stereocenters. The number of fused-ring (bicyclic) bond motifs is 2. The highest BCUT2D eigenvalue weighted by Gasteiger charge is 2.39. The van der Waals surface area contributed by atoms with Crippen LogP contribution in [0.1, 0.15) is 6.42 Å². The number of rotatable bonds is 5. The third kappa shape index (κ3) is 3.59. The van der Waals surface area contributed by atoms with Crippen LogP contribution >= 0.6 is 0 Å². The van der Waals surface area contributed by atoms with E-state index in [4.69, 9.17) is 9.47 Å². The Morgan fingerprint density at radius 1 is 0.903 bits per heavy atom. The van der Waals surface area contributed by atoms with Gasteiger partial charge in [-0.2, -0.15) is 0 Å². The van der Waals surface area contributed by atoms with E-state index in [2.05, 4.69) is 30.8 Å². The summed E-state index contributed by atoms with van der Waals surface area (Å²) in [6, 6.07) is 24.2. The molecule has 6 heteroatoms. The molecular formula is C25H20NO4S+. The number of para-hydroxylation sites is 2. The Morgan fingerprint density at radius 3 is 2.10 bits per heavy atom. The molecule has 0 atom stereocenters. The van der Waals surface area contributed by atoms with E-state index >= 15 is 0 Å². The second kappa shape index (κ2) is 7.96. The number of hydrogen-bond acceptors (Lipinski definition) is 4. The number of benzene rings is 3. The van der Waals surface area contributed by atoms with E-state index in [0.717, 1.165) is 26.2 Å². The molecule has 0 spiro atoms. The highest BCUT2D eigenvalue weighted by atomic mass is 32.2. The second-order valence-electron chi connectivity index (χ2n) is 7.25. The Kier molecular flexibility index (Phi) is 5.00. The van der Waals surface area contributed by atoms with Crippen LogP contribution in [0.3, 0.4) is 0 Å². The van der Waals surface area contributed by atoms with Crippen molar-refractivity contribution in [2.75, 3.05) is 13.2 Å². The Labute approximate surface area is 183 Å². The molecule has 0 radical (unpaired) electrons. The highest BCUT2D eigenvalue weighted by molar-refractivity contribution is 7.97. The van der Waals surface area contributed by atoms with Gasteiger partial charge in [-0.25, -0.2) is 0 Å². The monoisotopic (exact) mass is 430 g/mol. The second-order valence-corrected chi connectivity index (χ2v) is 9.22. The fourth-order valence-corrected chi connectivity index (χ4v) is 5.91. The summed E-state index contributed by atoms with van der Waals surface area (Å²) in [5.41, 5.74) is 0.340. The van der Waals surface area contributed by atoms with Crippen molar-refractivity contribution in [1.29, 1.82) is 0 Å². The predicted octanol–water partition coefficient (Wildman–Crippen LogP) is 4.58. The van der Waals surface area contributed by atoms with Crippen LogP contribution in [0.4, 0.5) is 0 Å². The van der Waals surface area contributed by atoms with Crippen molar-refractivity contribution >= 4 is 22.7 Å². The molecule has 1 fully saturated rings. The van der Waals surface area contributed by atoms with Crippen molar-refractivity contribution in [3.8, 4) is 17.2 Å². The topological polar surface area (TPSA) is 55.8 Å². The minimum atomic E-state index is -0.304. The number of imide groups is 1. The Hall–Kier alpha value is -3.51. The summed E-state index contributed by atoms with van der Waals surface area (Å²) >= 11 is 0. The van der Waals surface area contributed by atoms with E-state index in [9.17, 15) is 9.59 Å². The quantitative estimate of drug-likeness (QED) is 0.264. The average molecular weight is 431 g/mol. The normalized spacial score (nSPS) is 15.5. The summed E-state index contributed by atoms with van der Waals surface area (Å²) in [6.45, 7) is 4.10. The Bertz CT molecular complexity index is 1140. The van der Waals surface area contributed by atoms with Crippen LogP contribution in [0.25, 0.3) is 0 Å². The first-order valence-corrected chi connectivity index (χ1v) is 11.2. The summed E-state index contributed by atoms with van der Waals surface area (Å²) < 4.78 is 11.9. The maximum atomic E-state index is 11.9. The van der Waals surface area contributed by atoms with Crippen molar-refractivity contribution < 1.29 is 19.1 Å². The van der Waals surface area contributed by atoms with Crippen LogP contribution in [0, 0.1) is 0 Å². The third-order valence-corrected chi connectivity index (χ3v) is 7.51. The Balaban J connectivity index is 1.33. The summed E-state index contributed by atoms with van der Waals surface area (Å²) in [7, 11) is -0.275. The van der Waals surface area contributed by atoms with Gasteiger partial charge >= 0.3 is 0 Å². The average Bonchev–Trinajstić information content (AvgIpc) is 3.04.